The van der Waals surface area contributed by atoms with E-state index in [1.54, 1.807) is 17.0 Å². The fourth-order valence-electron chi connectivity index (χ4n) is 4.49. The Kier molecular flexibility index (Phi) is 8.88. The van der Waals surface area contributed by atoms with Crippen LogP contribution in [0.1, 0.15) is 68.6 Å². The maximum Gasteiger partial charge on any atom is 0.254 e. The third-order valence-corrected chi connectivity index (χ3v) is 6.62. The minimum absolute atomic E-state index is 0.100. The van der Waals surface area contributed by atoms with Gasteiger partial charge in [0.25, 0.3) is 5.91 Å². The number of hydrogen-bond acceptors (Lipinski definition) is 4. The lowest BCUT2D eigenvalue weighted by Crippen LogP contribution is -2.50. The highest BCUT2D eigenvalue weighted by molar-refractivity contribution is 6.32. The van der Waals surface area contributed by atoms with Gasteiger partial charge in [-0.25, -0.2) is 0 Å². The predicted octanol–water partition coefficient (Wildman–Crippen LogP) is 4.78. The van der Waals surface area contributed by atoms with Crippen molar-refractivity contribution in [3.05, 3.63) is 22.7 Å². The standard InChI is InChI=1S/C24H35ClN2O4/c1-3-15-31-23-20(25)16-19(17-21(23)30-2)24(29)27-13-11-26(12-14-27)22(28)10-9-18-7-5-4-6-8-18/h16-18H,3-15H2,1-2H3. The molecule has 2 aliphatic rings. The van der Waals surface area contributed by atoms with E-state index < -0.39 is 0 Å². The Morgan fingerprint density at radius 3 is 2.39 bits per heavy atom. The molecule has 1 saturated heterocycles. The maximum absolute atomic E-state index is 13.0. The zero-order valence-electron chi connectivity index (χ0n) is 18.8. The Labute approximate surface area is 190 Å². The fourth-order valence-corrected chi connectivity index (χ4v) is 4.76. The second-order valence-corrected chi connectivity index (χ2v) is 8.96. The molecule has 1 aromatic carbocycles. The molecule has 1 aliphatic carbocycles. The summed E-state index contributed by atoms with van der Waals surface area (Å²) in [5, 5.41) is 0.368. The summed E-state index contributed by atoms with van der Waals surface area (Å²) in [7, 11) is 1.54. The van der Waals surface area contributed by atoms with Crippen LogP contribution in [0.15, 0.2) is 12.1 Å². The lowest BCUT2D eigenvalue weighted by atomic mass is 9.86. The molecule has 0 N–H and O–H groups in total. The monoisotopic (exact) mass is 450 g/mol. The molecule has 1 heterocycles. The van der Waals surface area contributed by atoms with Crippen molar-refractivity contribution >= 4 is 23.4 Å². The molecule has 0 aromatic heterocycles. The van der Waals surface area contributed by atoms with E-state index in [0.29, 0.717) is 67.2 Å². The molecule has 1 aromatic rings. The van der Waals surface area contributed by atoms with Crippen LogP contribution in [0.25, 0.3) is 0 Å². The highest BCUT2D eigenvalue weighted by Gasteiger charge is 2.27. The summed E-state index contributed by atoms with van der Waals surface area (Å²) >= 11 is 6.37. The van der Waals surface area contributed by atoms with E-state index in [1.165, 1.54) is 39.2 Å². The van der Waals surface area contributed by atoms with Crippen molar-refractivity contribution < 1.29 is 19.1 Å². The zero-order chi connectivity index (χ0) is 22.2. The first-order chi connectivity index (χ1) is 15.0. The van der Waals surface area contributed by atoms with Crippen molar-refractivity contribution in [3.8, 4) is 11.5 Å². The molecule has 0 atom stereocenters. The lowest BCUT2D eigenvalue weighted by molar-refractivity contribution is -0.133. The lowest BCUT2D eigenvalue weighted by Gasteiger charge is -2.35. The molecule has 3 rings (SSSR count). The summed E-state index contributed by atoms with van der Waals surface area (Å²) in [4.78, 5) is 29.3. The Balaban J connectivity index is 1.53. The first-order valence-corrected chi connectivity index (χ1v) is 12.0. The van der Waals surface area contributed by atoms with Crippen molar-refractivity contribution in [1.29, 1.82) is 0 Å². The first kappa shape index (κ1) is 23.7. The van der Waals surface area contributed by atoms with Gasteiger partial charge in [0.1, 0.15) is 0 Å². The number of methoxy groups -OCH3 is 1. The molecule has 31 heavy (non-hydrogen) atoms. The molecule has 6 nitrogen and oxygen atoms in total. The summed E-state index contributed by atoms with van der Waals surface area (Å²) in [6.07, 6.45) is 8.97. The average Bonchev–Trinajstić information content (AvgIpc) is 2.81. The number of rotatable bonds is 8. The summed E-state index contributed by atoms with van der Waals surface area (Å²) in [6.45, 7) is 4.76. The number of hydrogen-bond donors (Lipinski definition) is 0. The third kappa shape index (κ3) is 6.28. The fraction of sp³-hybridized carbons (Fsp3) is 0.667. The molecular formula is C24H35ClN2O4. The number of carbonyl (C=O) groups is 2. The molecular weight excluding hydrogens is 416 g/mol. The van der Waals surface area contributed by atoms with Gasteiger partial charge in [-0.05, 0) is 30.9 Å². The number of piperazine rings is 1. The Bertz CT molecular complexity index is 756. The van der Waals surface area contributed by atoms with Gasteiger partial charge in [-0.2, -0.15) is 0 Å². The van der Waals surface area contributed by atoms with Crippen LogP contribution in [0.4, 0.5) is 0 Å². The Hall–Kier alpha value is -1.95. The summed E-state index contributed by atoms with van der Waals surface area (Å²) < 4.78 is 11.1. The first-order valence-electron chi connectivity index (χ1n) is 11.6. The average molecular weight is 451 g/mol. The highest BCUT2D eigenvalue weighted by atomic mass is 35.5. The quantitative estimate of drug-likeness (QED) is 0.571. The molecule has 0 spiro atoms. The summed E-state index contributed by atoms with van der Waals surface area (Å²) in [5.41, 5.74) is 0.475. The normalized spacial score (nSPS) is 17.5. The van der Waals surface area contributed by atoms with Gasteiger partial charge in [-0.1, -0.05) is 50.6 Å². The second-order valence-electron chi connectivity index (χ2n) is 8.55. The highest BCUT2D eigenvalue weighted by Crippen LogP contribution is 2.37. The van der Waals surface area contributed by atoms with Crippen molar-refractivity contribution in [2.75, 3.05) is 39.9 Å². The second kappa shape index (κ2) is 11.6. The van der Waals surface area contributed by atoms with Gasteiger partial charge in [0.2, 0.25) is 5.91 Å². The molecule has 0 radical (unpaired) electrons. The van der Waals surface area contributed by atoms with Crippen LogP contribution in [-0.2, 0) is 4.79 Å². The zero-order valence-corrected chi connectivity index (χ0v) is 19.6. The number of carbonyl (C=O) groups excluding carboxylic acids is 2. The Morgan fingerprint density at radius 2 is 1.74 bits per heavy atom. The van der Waals surface area contributed by atoms with E-state index in [-0.39, 0.29) is 11.8 Å². The molecule has 0 bridgehead atoms. The van der Waals surface area contributed by atoms with Crippen molar-refractivity contribution in [2.24, 2.45) is 5.92 Å². The van der Waals surface area contributed by atoms with Gasteiger partial charge < -0.3 is 19.3 Å². The van der Waals surface area contributed by atoms with Crippen LogP contribution in [0.3, 0.4) is 0 Å². The van der Waals surface area contributed by atoms with E-state index in [2.05, 4.69) is 0 Å². The third-order valence-electron chi connectivity index (χ3n) is 6.34. The molecule has 2 fully saturated rings. The van der Waals surface area contributed by atoms with E-state index >= 15 is 0 Å². The molecule has 0 unspecified atom stereocenters. The predicted molar refractivity (Wildman–Crippen MR) is 122 cm³/mol. The van der Waals surface area contributed by atoms with Crippen LogP contribution < -0.4 is 9.47 Å². The number of ether oxygens (including phenoxy) is 2. The molecule has 1 aliphatic heterocycles. The molecule has 2 amide bonds. The van der Waals surface area contributed by atoms with Gasteiger partial charge in [0.05, 0.1) is 18.7 Å². The van der Waals surface area contributed by atoms with Gasteiger partial charge in [-0.15, -0.1) is 0 Å². The minimum atomic E-state index is -0.100. The number of amides is 2. The van der Waals surface area contributed by atoms with E-state index in [0.717, 1.165) is 12.8 Å². The van der Waals surface area contributed by atoms with Crippen LogP contribution in [0.5, 0.6) is 11.5 Å². The number of benzene rings is 1. The van der Waals surface area contributed by atoms with E-state index in [1.807, 2.05) is 11.8 Å². The van der Waals surface area contributed by atoms with Gasteiger partial charge in [0.15, 0.2) is 11.5 Å². The van der Waals surface area contributed by atoms with E-state index in [9.17, 15) is 9.59 Å². The molecule has 1 saturated carbocycles. The largest absolute Gasteiger partial charge is 0.493 e. The van der Waals surface area contributed by atoms with Gasteiger partial charge in [-0.3, -0.25) is 9.59 Å². The minimum Gasteiger partial charge on any atom is -0.493 e. The SMILES string of the molecule is CCCOc1c(Cl)cc(C(=O)N2CCN(C(=O)CCC3CCCCC3)CC2)cc1OC. The van der Waals surface area contributed by atoms with Crippen LogP contribution >= 0.6 is 11.6 Å². The summed E-state index contributed by atoms with van der Waals surface area (Å²) in [5.74, 6) is 1.76. The van der Waals surface area contributed by atoms with Crippen LogP contribution in [0, 0.1) is 5.92 Å². The maximum atomic E-state index is 13.0. The topological polar surface area (TPSA) is 59.1 Å². The van der Waals surface area contributed by atoms with E-state index in [4.69, 9.17) is 21.1 Å². The number of nitrogens with zero attached hydrogens (tertiary/aromatic N) is 2. The van der Waals surface area contributed by atoms with Gasteiger partial charge >= 0.3 is 0 Å². The molecule has 172 valence electrons. The smallest absolute Gasteiger partial charge is 0.254 e. The number of halogens is 1. The van der Waals surface area contributed by atoms with Crippen molar-refractivity contribution in [2.45, 2.75) is 58.3 Å². The van der Waals surface area contributed by atoms with Gasteiger partial charge in [0, 0.05) is 38.2 Å². The summed E-state index contributed by atoms with van der Waals surface area (Å²) in [6, 6.07) is 3.32. The van der Waals surface area contributed by atoms with Crippen LogP contribution in [0.2, 0.25) is 5.02 Å². The van der Waals surface area contributed by atoms with Crippen LogP contribution in [-0.4, -0.2) is 61.5 Å². The van der Waals surface area contributed by atoms with Crippen molar-refractivity contribution in [3.63, 3.8) is 0 Å². The molecule has 7 heteroatoms. The van der Waals surface area contributed by atoms with Crippen molar-refractivity contribution in [1.82, 2.24) is 9.80 Å². The Morgan fingerprint density at radius 1 is 1.06 bits per heavy atom.